The standard InChI is InChI=1S/C19H20ClN3O4/c1-25-14-11-13(12-15-18(14)27-10-9-26-15)19(24)23-7-5-22(6-8-23)17-4-2-3-16(20)21-17/h2-4,11-12H,5-10H2,1H3. The Balaban J connectivity index is 1.48. The summed E-state index contributed by atoms with van der Waals surface area (Å²) in [6.45, 7) is 3.52. The Bertz CT molecular complexity index is 836. The van der Waals surface area contributed by atoms with Crippen molar-refractivity contribution in [1.29, 1.82) is 0 Å². The van der Waals surface area contributed by atoms with Gasteiger partial charge in [0, 0.05) is 31.7 Å². The van der Waals surface area contributed by atoms with Crippen LogP contribution >= 0.6 is 11.6 Å². The Hall–Kier alpha value is -2.67. The van der Waals surface area contributed by atoms with E-state index in [1.165, 1.54) is 0 Å². The number of piperazine rings is 1. The van der Waals surface area contributed by atoms with Gasteiger partial charge in [0.05, 0.1) is 7.11 Å². The van der Waals surface area contributed by atoms with E-state index >= 15 is 0 Å². The van der Waals surface area contributed by atoms with Gasteiger partial charge >= 0.3 is 0 Å². The summed E-state index contributed by atoms with van der Waals surface area (Å²) in [5.41, 5.74) is 0.533. The molecule has 1 fully saturated rings. The van der Waals surface area contributed by atoms with Crippen molar-refractivity contribution < 1.29 is 19.0 Å². The Morgan fingerprint density at radius 1 is 1.15 bits per heavy atom. The highest BCUT2D eigenvalue weighted by molar-refractivity contribution is 6.29. The second-order valence-corrected chi connectivity index (χ2v) is 6.69. The van der Waals surface area contributed by atoms with Crippen LogP contribution in [-0.2, 0) is 0 Å². The van der Waals surface area contributed by atoms with Crippen molar-refractivity contribution >= 4 is 23.3 Å². The summed E-state index contributed by atoms with van der Waals surface area (Å²) < 4.78 is 16.6. The molecule has 1 saturated heterocycles. The summed E-state index contributed by atoms with van der Waals surface area (Å²) in [4.78, 5) is 21.3. The van der Waals surface area contributed by atoms with Gasteiger partial charge in [0.2, 0.25) is 5.75 Å². The molecule has 0 spiro atoms. The minimum atomic E-state index is -0.0519. The number of rotatable bonds is 3. The van der Waals surface area contributed by atoms with Gasteiger partial charge in [-0.05, 0) is 24.3 Å². The lowest BCUT2D eigenvalue weighted by Crippen LogP contribution is -2.49. The van der Waals surface area contributed by atoms with Crippen LogP contribution in [-0.4, -0.2) is 62.3 Å². The van der Waals surface area contributed by atoms with Crippen LogP contribution in [0.2, 0.25) is 5.15 Å². The lowest BCUT2D eigenvalue weighted by atomic mass is 10.1. The van der Waals surface area contributed by atoms with Crippen molar-refractivity contribution in [1.82, 2.24) is 9.88 Å². The van der Waals surface area contributed by atoms with E-state index in [4.69, 9.17) is 25.8 Å². The van der Waals surface area contributed by atoms with Gasteiger partial charge in [-0.1, -0.05) is 17.7 Å². The molecule has 3 heterocycles. The molecule has 0 N–H and O–H groups in total. The second-order valence-electron chi connectivity index (χ2n) is 6.30. The maximum atomic E-state index is 13.0. The highest BCUT2D eigenvalue weighted by Crippen LogP contribution is 2.40. The average Bonchev–Trinajstić information content (AvgIpc) is 2.72. The number of hydrogen-bond acceptors (Lipinski definition) is 6. The van der Waals surface area contributed by atoms with Crippen LogP contribution in [0.3, 0.4) is 0 Å². The van der Waals surface area contributed by atoms with Gasteiger partial charge in [-0.15, -0.1) is 0 Å². The van der Waals surface area contributed by atoms with E-state index in [0.717, 1.165) is 5.82 Å². The summed E-state index contributed by atoms with van der Waals surface area (Å²) in [5.74, 6) is 2.39. The molecular weight excluding hydrogens is 370 g/mol. The number of pyridine rings is 1. The average molecular weight is 390 g/mol. The molecule has 0 radical (unpaired) electrons. The summed E-state index contributed by atoms with van der Waals surface area (Å²) in [7, 11) is 1.55. The normalized spacial score (nSPS) is 16.2. The topological polar surface area (TPSA) is 64.1 Å². The molecule has 0 saturated carbocycles. The molecule has 2 aliphatic heterocycles. The first-order valence-corrected chi connectivity index (χ1v) is 9.18. The van der Waals surface area contributed by atoms with Crippen LogP contribution in [0.25, 0.3) is 0 Å². The van der Waals surface area contributed by atoms with E-state index in [2.05, 4.69) is 9.88 Å². The highest BCUT2D eigenvalue weighted by atomic mass is 35.5. The number of carbonyl (C=O) groups excluding carboxylic acids is 1. The molecule has 7 nitrogen and oxygen atoms in total. The molecule has 4 rings (SSSR count). The zero-order valence-corrected chi connectivity index (χ0v) is 15.7. The molecule has 27 heavy (non-hydrogen) atoms. The van der Waals surface area contributed by atoms with Gasteiger partial charge in [0.25, 0.3) is 5.91 Å². The van der Waals surface area contributed by atoms with Crippen molar-refractivity contribution in [2.45, 2.75) is 0 Å². The van der Waals surface area contributed by atoms with Gasteiger partial charge < -0.3 is 24.0 Å². The number of fused-ring (bicyclic) bond motifs is 1. The maximum Gasteiger partial charge on any atom is 0.254 e. The van der Waals surface area contributed by atoms with Crippen LogP contribution < -0.4 is 19.1 Å². The lowest BCUT2D eigenvalue weighted by molar-refractivity contribution is 0.0744. The molecule has 1 aromatic carbocycles. The number of nitrogens with zero attached hydrogens (tertiary/aromatic N) is 3. The highest BCUT2D eigenvalue weighted by Gasteiger charge is 2.26. The first-order chi connectivity index (χ1) is 13.2. The summed E-state index contributed by atoms with van der Waals surface area (Å²) in [6.07, 6.45) is 0. The number of hydrogen-bond donors (Lipinski definition) is 0. The fourth-order valence-electron chi connectivity index (χ4n) is 3.29. The minimum Gasteiger partial charge on any atom is -0.493 e. The van der Waals surface area contributed by atoms with E-state index in [1.807, 2.05) is 17.0 Å². The number of methoxy groups -OCH3 is 1. The zero-order valence-electron chi connectivity index (χ0n) is 15.0. The maximum absolute atomic E-state index is 13.0. The third-order valence-electron chi connectivity index (χ3n) is 4.67. The van der Waals surface area contributed by atoms with E-state index < -0.39 is 0 Å². The first kappa shape index (κ1) is 17.7. The van der Waals surface area contributed by atoms with Gasteiger partial charge in [0.1, 0.15) is 24.2 Å². The van der Waals surface area contributed by atoms with Crippen LogP contribution in [0.5, 0.6) is 17.2 Å². The number of amides is 1. The predicted octanol–water partition coefficient (Wildman–Crippen LogP) is 2.48. The molecule has 8 heteroatoms. The van der Waals surface area contributed by atoms with Crippen LogP contribution in [0.4, 0.5) is 5.82 Å². The monoisotopic (exact) mass is 389 g/mol. The van der Waals surface area contributed by atoms with Gasteiger partial charge in [-0.2, -0.15) is 0 Å². The molecule has 0 atom stereocenters. The number of ether oxygens (including phenoxy) is 3. The molecule has 0 aliphatic carbocycles. The van der Waals surface area contributed by atoms with Gasteiger partial charge in [-0.3, -0.25) is 4.79 Å². The number of anilines is 1. The van der Waals surface area contributed by atoms with Crippen molar-refractivity contribution in [2.24, 2.45) is 0 Å². The molecule has 1 aromatic heterocycles. The third kappa shape index (κ3) is 3.60. The Kier molecular flexibility index (Phi) is 4.94. The molecule has 0 bridgehead atoms. The molecule has 2 aromatic rings. The molecule has 0 unspecified atom stereocenters. The van der Waals surface area contributed by atoms with Crippen LogP contribution in [0.15, 0.2) is 30.3 Å². The SMILES string of the molecule is COc1cc(C(=O)N2CCN(c3cccc(Cl)n3)CC2)cc2c1OCCO2. The van der Waals surface area contributed by atoms with Crippen molar-refractivity contribution in [3.05, 3.63) is 41.0 Å². The van der Waals surface area contributed by atoms with Gasteiger partial charge in [0.15, 0.2) is 11.5 Å². The first-order valence-electron chi connectivity index (χ1n) is 8.80. The zero-order chi connectivity index (χ0) is 18.8. The molecule has 142 valence electrons. The molecule has 1 amide bonds. The Labute approximate surface area is 162 Å². The van der Waals surface area contributed by atoms with Crippen molar-refractivity contribution in [3.63, 3.8) is 0 Å². The van der Waals surface area contributed by atoms with E-state index in [-0.39, 0.29) is 5.91 Å². The third-order valence-corrected chi connectivity index (χ3v) is 4.88. The summed E-state index contributed by atoms with van der Waals surface area (Å²) in [5, 5.41) is 0.467. The lowest BCUT2D eigenvalue weighted by Gasteiger charge is -2.35. The van der Waals surface area contributed by atoms with E-state index in [0.29, 0.717) is 67.4 Å². The van der Waals surface area contributed by atoms with E-state index in [1.54, 1.807) is 25.3 Å². The fraction of sp³-hybridized carbons (Fsp3) is 0.368. The Morgan fingerprint density at radius 3 is 2.67 bits per heavy atom. The van der Waals surface area contributed by atoms with Crippen molar-refractivity contribution in [3.8, 4) is 17.2 Å². The van der Waals surface area contributed by atoms with Crippen molar-refractivity contribution in [2.75, 3.05) is 51.4 Å². The number of halogens is 1. The van der Waals surface area contributed by atoms with Gasteiger partial charge in [-0.25, -0.2) is 4.98 Å². The quantitative estimate of drug-likeness (QED) is 0.751. The predicted molar refractivity (Wildman–Crippen MR) is 101 cm³/mol. The number of carbonyl (C=O) groups is 1. The molecule has 2 aliphatic rings. The largest absolute Gasteiger partial charge is 0.493 e. The summed E-state index contributed by atoms with van der Waals surface area (Å²) in [6, 6.07) is 8.99. The van der Waals surface area contributed by atoms with Crippen LogP contribution in [0, 0.1) is 0 Å². The smallest absolute Gasteiger partial charge is 0.254 e. The number of benzene rings is 1. The Morgan fingerprint density at radius 2 is 1.93 bits per heavy atom. The van der Waals surface area contributed by atoms with Crippen LogP contribution in [0.1, 0.15) is 10.4 Å². The minimum absolute atomic E-state index is 0.0519. The van der Waals surface area contributed by atoms with E-state index in [9.17, 15) is 4.79 Å². The fourth-order valence-corrected chi connectivity index (χ4v) is 3.45. The number of aromatic nitrogens is 1. The molecular formula is C19H20ClN3O4. The summed E-state index contributed by atoms with van der Waals surface area (Å²) >= 11 is 5.97. The second kappa shape index (κ2) is 7.52.